The first-order valence-electron chi connectivity index (χ1n) is 7.64. The van der Waals surface area contributed by atoms with Gasteiger partial charge in [0.1, 0.15) is 0 Å². The van der Waals surface area contributed by atoms with Crippen LogP contribution in [0.3, 0.4) is 0 Å². The van der Waals surface area contributed by atoms with Gasteiger partial charge in [-0.25, -0.2) is 0 Å². The summed E-state index contributed by atoms with van der Waals surface area (Å²) in [7, 11) is 2.15. The molecule has 0 saturated carbocycles. The van der Waals surface area contributed by atoms with Crippen LogP contribution in [0, 0.1) is 6.92 Å². The third-order valence-electron chi connectivity index (χ3n) is 3.70. The summed E-state index contributed by atoms with van der Waals surface area (Å²) in [5.74, 6) is 0. The minimum Gasteiger partial charge on any atom is -0.370 e. The Hall–Kier alpha value is -1.80. The topological polar surface area (TPSA) is 15.3 Å². The maximum absolute atomic E-state index is 3.50. The van der Waals surface area contributed by atoms with Gasteiger partial charge in [0.15, 0.2) is 0 Å². The Kier molecular flexibility index (Phi) is 5.40. The van der Waals surface area contributed by atoms with Crippen molar-refractivity contribution in [2.75, 3.05) is 11.9 Å². The predicted octanol–water partition coefficient (Wildman–Crippen LogP) is 4.13. The zero-order chi connectivity index (χ0) is 15.2. The summed E-state index contributed by atoms with van der Waals surface area (Å²) in [6.45, 7) is 8.34. The van der Waals surface area contributed by atoms with Crippen LogP contribution < -0.4 is 10.2 Å². The normalized spacial score (nSPS) is 10.9. The first-order chi connectivity index (χ1) is 10.1. The Labute approximate surface area is 128 Å². The smallest absolute Gasteiger partial charge is 0.0429 e. The van der Waals surface area contributed by atoms with E-state index in [0.29, 0.717) is 6.04 Å². The van der Waals surface area contributed by atoms with Crippen LogP contribution in [0.25, 0.3) is 0 Å². The standard InChI is InChI=1S/C19H26N2/c1-15(2)20-13-17-7-5-6-8-18(17)14-21(4)19-11-9-16(3)10-12-19/h5-12,15,20H,13-14H2,1-4H3. The van der Waals surface area contributed by atoms with Gasteiger partial charge in [-0.2, -0.15) is 0 Å². The van der Waals surface area contributed by atoms with Gasteiger partial charge in [0, 0.05) is 31.9 Å². The van der Waals surface area contributed by atoms with E-state index >= 15 is 0 Å². The molecule has 0 amide bonds. The monoisotopic (exact) mass is 282 g/mol. The Morgan fingerprint density at radius 2 is 1.57 bits per heavy atom. The zero-order valence-electron chi connectivity index (χ0n) is 13.6. The molecule has 0 radical (unpaired) electrons. The lowest BCUT2D eigenvalue weighted by molar-refractivity contribution is 0.586. The molecule has 0 fully saturated rings. The average Bonchev–Trinajstić information content (AvgIpc) is 2.47. The van der Waals surface area contributed by atoms with E-state index in [1.54, 1.807) is 0 Å². The Morgan fingerprint density at radius 3 is 2.19 bits per heavy atom. The number of rotatable bonds is 6. The molecule has 0 aromatic heterocycles. The van der Waals surface area contributed by atoms with Crippen molar-refractivity contribution in [2.24, 2.45) is 0 Å². The number of anilines is 1. The Balaban J connectivity index is 2.09. The van der Waals surface area contributed by atoms with E-state index in [2.05, 4.69) is 86.6 Å². The van der Waals surface area contributed by atoms with Crippen molar-refractivity contribution in [3.63, 3.8) is 0 Å². The lowest BCUT2D eigenvalue weighted by atomic mass is 10.1. The van der Waals surface area contributed by atoms with E-state index in [9.17, 15) is 0 Å². The molecule has 0 atom stereocenters. The van der Waals surface area contributed by atoms with Gasteiger partial charge in [-0.1, -0.05) is 55.8 Å². The number of nitrogens with zero attached hydrogens (tertiary/aromatic N) is 1. The van der Waals surface area contributed by atoms with Gasteiger partial charge < -0.3 is 10.2 Å². The zero-order valence-corrected chi connectivity index (χ0v) is 13.6. The highest BCUT2D eigenvalue weighted by Crippen LogP contribution is 2.18. The van der Waals surface area contributed by atoms with E-state index < -0.39 is 0 Å². The van der Waals surface area contributed by atoms with Gasteiger partial charge in [0.05, 0.1) is 0 Å². The van der Waals surface area contributed by atoms with Crippen molar-refractivity contribution in [2.45, 2.75) is 39.9 Å². The molecular formula is C19H26N2. The fourth-order valence-electron chi connectivity index (χ4n) is 2.34. The van der Waals surface area contributed by atoms with Crippen molar-refractivity contribution in [1.82, 2.24) is 5.32 Å². The van der Waals surface area contributed by atoms with Gasteiger partial charge in [0.2, 0.25) is 0 Å². The number of aryl methyl sites for hydroxylation is 1. The summed E-state index contributed by atoms with van der Waals surface area (Å²) in [4.78, 5) is 2.30. The van der Waals surface area contributed by atoms with Gasteiger partial charge in [-0.05, 0) is 30.2 Å². The third-order valence-corrected chi connectivity index (χ3v) is 3.70. The van der Waals surface area contributed by atoms with Crippen LogP contribution >= 0.6 is 0 Å². The quantitative estimate of drug-likeness (QED) is 0.857. The van der Waals surface area contributed by atoms with Gasteiger partial charge in [0.25, 0.3) is 0 Å². The maximum Gasteiger partial charge on any atom is 0.0429 e. The summed E-state index contributed by atoms with van der Waals surface area (Å²) >= 11 is 0. The van der Waals surface area contributed by atoms with Crippen molar-refractivity contribution in [3.8, 4) is 0 Å². The molecule has 2 rings (SSSR count). The molecular weight excluding hydrogens is 256 g/mol. The van der Waals surface area contributed by atoms with Crippen LogP contribution in [0.5, 0.6) is 0 Å². The van der Waals surface area contributed by atoms with Crippen LogP contribution in [0.1, 0.15) is 30.5 Å². The Morgan fingerprint density at radius 1 is 0.952 bits per heavy atom. The summed E-state index contributed by atoms with van der Waals surface area (Å²) in [6.07, 6.45) is 0. The van der Waals surface area contributed by atoms with Crippen molar-refractivity contribution >= 4 is 5.69 Å². The lowest BCUT2D eigenvalue weighted by Crippen LogP contribution is -2.24. The number of hydrogen-bond acceptors (Lipinski definition) is 2. The van der Waals surface area contributed by atoms with Crippen LogP contribution in [0.4, 0.5) is 5.69 Å². The molecule has 0 heterocycles. The van der Waals surface area contributed by atoms with E-state index in [1.165, 1.54) is 22.4 Å². The first-order valence-corrected chi connectivity index (χ1v) is 7.64. The minimum atomic E-state index is 0.507. The van der Waals surface area contributed by atoms with Gasteiger partial charge >= 0.3 is 0 Å². The van der Waals surface area contributed by atoms with Crippen LogP contribution in [-0.2, 0) is 13.1 Å². The molecule has 112 valence electrons. The van der Waals surface area contributed by atoms with Gasteiger partial charge in [-0.3, -0.25) is 0 Å². The molecule has 21 heavy (non-hydrogen) atoms. The molecule has 2 aromatic carbocycles. The number of benzene rings is 2. The third kappa shape index (κ3) is 4.61. The highest BCUT2D eigenvalue weighted by Gasteiger charge is 2.06. The molecule has 0 bridgehead atoms. The summed E-state index contributed by atoms with van der Waals surface area (Å²) < 4.78 is 0. The van der Waals surface area contributed by atoms with Gasteiger partial charge in [-0.15, -0.1) is 0 Å². The lowest BCUT2D eigenvalue weighted by Gasteiger charge is -2.22. The second-order valence-electron chi connectivity index (χ2n) is 6.00. The summed E-state index contributed by atoms with van der Waals surface area (Å²) in [5, 5.41) is 3.50. The fourth-order valence-corrected chi connectivity index (χ4v) is 2.34. The Bertz CT molecular complexity index is 558. The SMILES string of the molecule is Cc1ccc(N(C)Cc2ccccc2CNC(C)C)cc1. The molecule has 0 aliphatic heterocycles. The molecule has 0 spiro atoms. The summed E-state index contributed by atoms with van der Waals surface area (Å²) in [6, 6.07) is 17.9. The molecule has 0 unspecified atom stereocenters. The van der Waals surface area contributed by atoms with E-state index in [4.69, 9.17) is 0 Å². The van der Waals surface area contributed by atoms with E-state index in [1.807, 2.05) is 0 Å². The molecule has 1 N–H and O–H groups in total. The van der Waals surface area contributed by atoms with Crippen molar-refractivity contribution in [3.05, 3.63) is 65.2 Å². The second kappa shape index (κ2) is 7.28. The average molecular weight is 282 g/mol. The maximum atomic E-state index is 3.50. The van der Waals surface area contributed by atoms with Crippen LogP contribution in [-0.4, -0.2) is 13.1 Å². The highest BCUT2D eigenvalue weighted by molar-refractivity contribution is 5.47. The molecule has 2 nitrogen and oxygen atoms in total. The van der Waals surface area contributed by atoms with E-state index in [0.717, 1.165) is 13.1 Å². The van der Waals surface area contributed by atoms with E-state index in [-0.39, 0.29) is 0 Å². The largest absolute Gasteiger partial charge is 0.370 e. The number of hydrogen-bond donors (Lipinski definition) is 1. The molecule has 2 aromatic rings. The van der Waals surface area contributed by atoms with Crippen LogP contribution in [0.15, 0.2) is 48.5 Å². The second-order valence-corrected chi connectivity index (χ2v) is 6.00. The van der Waals surface area contributed by atoms with Crippen molar-refractivity contribution in [1.29, 1.82) is 0 Å². The minimum absolute atomic E-state index is 0.507. The molecule has 2 heteroatoms. The fraction of sp³-hybridized carbons (Fsp3) is 0.368. The molecule has 0 aliphatic carbocycles. The highest BCUT2D eigenvalue weighted by atomic mass is 15.1. The first kappa shape index (κ1) is 15.6. The molecule has 0 saturated heterocycles. The number of nitrogens with one attached hydrogen (secondary N) is 1. The molecule has 0 aliphatic rings. The van der Waals surface area contributed by atoms with Crippen LogP contribution in [0.2, 0.25) is 0 Å². The van der Waals surface area contributed by atoms with Crippen molar-refractivity contribution < 1.29 is 0 Å². The summed E-state index contributed by atoms with van der Waals surface area (Å²) in [5.41, 5.74) is 5.32. The predicted molar refractivity (Wildman–Crippen MR) is 91.7 cm³/mol.